The summed E-state index contributed by atoms with van der Waals surface area (Å²) >= 11 is 3.46. The van der Waals surface area contributed by atoms with Gasteiger partial charge in [-0.05, 0) is 86.5 Å². The number of rotatable bonds is 9. The fraction of sp³-hybridized carbons (Fsp3) is 0.212. The zero-order valence-corrected chi connectivity index (χ0v) is 25.4. The highest BCUT2D eigenvalue weighted by Crippen LogP contribution is 2.24. The molecule has 5 aromatic rings. The lowest BCUT2D eigenvalue weighted by atomic mass is 10.1. The van der Waals surface area contributed by atoms with Crippen LogP contribution in [0.4, 0.5) is 0 Å². The van der Waals surface area contributed by atoms with E-state index in [1.54, 1.807) is 36.5 Å². The van der Waals surface area contributed by atoms with Gasteiger partial charge in [-0.25, -0.2) is 9.78 Å². The van der Waals surface area contributed by atoms with Gasteiger partial charge in [-0.3, -0.25) is 4.79 Å². The molecule has 0 aliphatic carbocycles. The Morgan fingerprint density at radius 3 is 2.45 bits per heavy atom. The number of carbonyl (C=O) groups is 1. The molecule has 0 saturated carbocycles. The number of aromatic carboxylic acids is 1. The Bertz CT molecular complexity index is 1860. The summed E-state index contributed by atoms with van der Waals surface area (Å²) < 4.78 is 10.3. The number of ether oxygens (including phenoxy) is 1. The van der Waals surface area contributed by atoms with Crippen LogP contribution in [0.3, 0.4) is 0 Å². The Balaban J connectivity index is 1.39. The monoisotopic (exact) mass is 626 g/mol. The molecule has 0 amide bonds. The first-order valence-corrected chi connectivity index (χ1v) is 14.5. The number of aryl methyl sites for hydroxylation is 1. The molecule has 214 valence electrons. The van der Waals surface area contributed by atoms with Gasteiger partial charge in [0.05, 0.1) is 22.7 Å². The van der Waals surface area contributed by atoms with Crippen LogP contribution >= 0.6 is 15.9 Å². The maximum atomic E-state index is 13.5. The smallest absolute Gasteiger partial charge is 0.335 e. The Hall–Kier alpha value is -4.50. The Morgan fingerprint density at radius 2 is 1.79 bits per heavy atom. The zero-order valence-electron chi connectivity index (χ0n) is 23.8. The second-order valence-electron chi connectivity index (χ2n) is 10.2. The second kappa shape index (κ2) is 12.2. The van der Waals surface area contributed by atoms with Gasteiger partial charge in [0.15, 0.2) is 0 Å². The van der Waals surface area contributed by atoms with Crippen molar-refractivity contribution in [1.29, 1.82) is 0 Å². The van der Waals surface area contributed by atoms with E-state index in [0.717, 1.165) is 39.1 Å². The molecule has 1 atom stereocenters. The van der Waals surface area contributed by atoms with Crippen LogP contribution < -0.4 is 10.3 Å². The van der Waals surface area contributed by atoms with E-state index in [-0.39, 0.29) is 17.0 Å². The number of nitrogens with zero attached hydrogens (tertiary/aromatic N) is 4. The number of carboxylic acids is 1. The topological polar surface area (TPSA) is 98.7 Å². The van der Waals surface area contributed by atoms with E-state index in [0.29, 0.717) is 29.1 Å². The number of hydrogen-bond acceptors (Lipinski definition) is 5. The van der Waals surface area contributed by atoms with Crippen LogP contribution in [0.5, 0.6) is 5.75 Å². The highest BCUT2D eigenvalue weighted by Gasteiger charge is 2.16. The Kier molecular flexibility index (Phi) is 8.40. The van der Waals surface area contributed by atoms with Gasteiger partial charge in [0.2, 0.25) is 0 Å². The molecular weight excluding hydrogens is 596 g/mol. The highest BCUT2D eigenvalue weighted by atomic mass is 79.9. The van der Waals surface area contributed by atoms with Gasteiger partial charge >= 0.3 is 5.97 Å². The second-order valence-corrected chi connectivity index (χ2v) is 11.2. The van der Waals surface area contributed by atoms with E-state index >= 15 is 0 Å². The van der Waals surface area contributed by atoms with Gasteiger partial charge in [0.1, 0.15) is 18.2 Å². The third-order valence-corrected chi connectivity index (χ3v) is 7.86. The number of carboxylic acid groups (broad SMARTS) is 1. The molecule has 2 aromatic heterocycles. The number of aromatic nitrogens is 3. The number of benzene rings is 3. The first-order valence-electron chi connectivity index (χ1n) is 13.7. The molecule has 0 aliphatic rings. The van der Waals surface area contributed by atoms with Crippen molar-refractivity contribution < 1.29 is 14.6 Å². The predicted octanol–water partition coefficient (Wildman–Crippen LogP) is 7.24. The average Bonchev–Trinajstić information content (AvgIpc) is 3.28. The van der Waals surface area contributed by atoms with Gasteiger partial charge in [0.25, 0.3) is 5.56 Å². The normalized spacial score (nSPS) is 12.2. The lowest BCUT2D eigenvalue weighted by Crippen LogP contribution is -2.23. The molecule has 8 nitrogen and oxygen atoms in total. The Morgan fingerprint density at radius 1 is 1.07 bits per heavy atom. The van der Waals surface area contributed by atoms with E-state index < -0.39 is 5.97 Å². The summed E-state index contributed by atoms with van der Waals surface area (Å²) in [7, 11) is 0. The van der Waals surface area contributed by atoms with E-state index in [2.05, 4.69) is 32.5 Å². The van der Waals surface area contributed by atoms with Crippen LogP contribution in [0.15, 0.2) is 87.2 Å². The molecule has 0 saturated heterocycles. The van der Waals surface area contributed by atoms with Crippen molar-refractivity contribution in [3.05, 3.63) is 122 Å². The largest absolute Gasteiger partial charge is 0.489 e. The maximum Gasteiger partial charge on any atom is 0.335 e. The van der Waals surface area contributed by atoms with Gasteiger partial charge in [-0.2, -0.15) is 9.78 Å². The summed E-state index contributed by atoms with van der Waals surface area (Å²) in [6.07, 6.45) is 2.56. The minimum atomic E-state index is -0.952. The molecule has 0 bridgehead atoms. The molecule has 0 aliphatic heterocycles. The van der Waals surface area contributed by atoms with Crippen molar-refractivity contribution in [2.24, 2.45) is 5.10 Å². The summed E-state index contributed by atoms with van der Waals surface area (Å²) in [5.41, 5.74) is 5.47. The van der Waals surface area contributed by atoms with Crippen molar-refractivity contribution in [3.63, 3.8) is 0 Å². The first kappa shape index (κ1) is 29.0. The van der Waals surface area contributed by atoms with Gasteiger partial charge in [-0.15, -0.1) is 0 Å². The quantitative estimate of drug-likeness (QED) is 0.174. The standard InChI is InChI=1S/C33H31BrN4O4/c1-5-20(2)31-36-30-15-10-26(34)17-29(30)32(39)38(31)35-18-25-16-21(3)37(22(25)4)27-11-13-28(14-12-27)42-19-23-6-8-24(9-7-23)33(40)41/h6-18,20H,5,19H2,1-4H3,(H,40,41)/t20-/m0/s1. The molecule has 0 radical (unpaired) electrons. The van der Waals surface area contributed by atoms with E-state index in [1.807, 2.05) is 63.2 Å². The highest BCUT2D eigenvalue weighted by molar-refractivity contribution is 9.10. The summed E-state index contributed by atoms with van der Waals surface area (Å²) in [5.74, 6) is 0.445. The minimum absolute atomic E-state index is 0.0557. The summed E-state index contributed by atoms with van der Waals surface area (Å²) in [6, 6.07) is 22.0. The predicted molar refractivity (Wildman–Crippen MR) is 168 cm³/mol. The summed E-state index contributed by atoms with van der Waals surface area (Å²) in [4.78, 5) is 29.3. The molecule has 9 heteroatoms. The molecular formula is C33H31BrN4O4. The summed E-state index contributed by atoms with van der Waals surface area (Å²) in [5, 5.41) is 14.2. The number of fused-ring (bicyclic) bond motifs is 1. The van der Waals surface area contributed by atoms with Crippen molar-refractivity contribution in [1.82, 2.24) is 14.2 Å². The van der Waals surface area contributed by atoms with E-state index in [4.69, 9.17) is 14.8 Å². The SMILES string of the molecule is CC[C@H](C)c1nc2ccc(Br)cc2c(=O)n1N=Cc1cc(C)n(-c2ccc(OCc3ccc(C(=O)O)cc3)cc2)c1C. The zero-order chi connectivity index (χ0) is 30.0. The fourth-order valence-electron chi connectivity index (χ4n) is 4.82. The van der Waals surface area contributed by atoms with Crippen LogP contribution in [0.25, 0.3) is 16.6 Å². The molecule has 0 unspecified atom stereocenters. The molecule has 1 N–H and O–H groups in total. The van der Waals surface area contributed by atoms with Crippen molar-refractivity contribution in [2.75, 3.05) is 0 Å². The van der Waals surface area contributed by atoms with Gasteiger partial charge < -0.3 is 14.4 Å². The third kappa shape index (κ3) is 5.92. The van der Waals surface area contributed by atoms with Gasteiger partial charge in [0, 0.05) is 33.0 Å². The average molecular weight is 628 g/mol. The lowest BCUT2D eigenvalue weighted by molar-refractivity contribution is 0.0697. The van der Waals surface area contributed by atoms with Crippen LogP contribution in [0.2, 0.25) is 0 Å². The number of halogens is 1. The first-order chi connectivity index (χ1) is 20.2. The van der Waals surface area contributed by atoms with Crippen LogP contribution in [-0.2, 0) is 6.61 Å². The summed E-state index contributed by atoms with van der Waals surface area (Å²) in [6.45, 7) is 8.50. The molecule has 0 fully saturated rings. The Labute approximate surface area is 252 Å². The van der Waals surface area contributed by atoms with Crippen LogP contribution in [0, 0.1) is 13.8 Å². The van der Waals surface area contributed by atoms with E-state index in [9.17, 15) is 9.59 Å². The fourth-order valence-corrected chi connectivity index (χ4v) is 5.18. The van der Waals surface area contributed by atoms with Crippen LogP contribution in [-0.4, -0.2) is 31.5 Å². The van der Waals surface area contributed by atoms with Gasteiger partial charge in [-0.1, -0.05) is 41.9 Å². The van der Waals surface area contributed by atoms with Crippen molar-refractivity contribution in [3.8, 4) is 11.4 Å². The minimum Gasteiger partial charge on any atom is -0.489 e. The molecule has 2 heterocycles. The van der Waals surface area contributed by atoms with Crippen molar-refractivity contribution >= 4 is 39.0 Å². The molecule has 42 heavy (non-hydrogen) atoms. The van der Waals surface area contributed by atoms with Crippen molar-refractivity contribution in [2.45, 2.75) is 46.6 Å². The molecule has 5 rings (SSSR count). The number of hydrogen-bond donors (Lipinski definition) is 1. The van der Waals surface area contributed by atoms with Crippen LogP contribution in [0.1, 0.15) is 64.9 Å². The third-order valence-electron chi connectivity index (χ3n) is 7.37. The maximum absolute atomic E-state index is 13.5. The molecule has 3 aromatic carbocycles. The lowest BCUT2D eigenvalue weighted by Gasteiger charge is -2.14. The van der Waals surface area contributed by atoms with E-state index in [1.165, 1.54) is 4.68 Å². The molecule has 0 spiro atoms.